The lowest BCUT2D eigenvalue weighted by atomic mass is 10.3. The summed E-state index contributed by atoms with van der Waals surface area (Å²) in [6.07, 6.45) is 0.305. The van der Waals surface area contributed by atoms with E-state index in [1.807, 2.05) is 6.92 Å². The van der Waals surface area contributed by atoms with Gasteiger partial charge in [-0.15, -0.1) is 0 Å². The van der Waals surface area contributed by atoms with Gasteiger partial charge < -0.3 is 14.8 Å². The third-order valence-electron chi connectivity index (χ3n) is 2.70. The molecule has 1 aromatic rings. The fourth-order valence-corrected chi connectivity index (χ4v) is 2.93. The number of sulfonamides is 1. The summed E-state index contributed by atoms with van der Waals surface area (Å²) in [4.78, 5) is 0.222. The average Bonchev–Trinajstić information content (AvgIpc) is 2.46. The van der Waals surface area contributed by atoms with E-state index < -0.39 is 16.3 Å². The van der Waals surface area contributed by atoms with Crippen LogP contribution >= 0.6 is 0 Å². The van der Waals surface area contributed by atoms with Crippen molar-refractivity contribution >= 4 is 15.7 Å². The highest BCUT2D eigenvalue weighted by atomic mass is 32.2. The van der Waals surface area contributed by atoms with Gasteiger partial charge in [-0.25, -0.2) is 13.1 Å². The minimum Gasteiger partial charge on any atom is -0.379 e. The first-order valence-electron chi connectivity index (χ1n) is 6.43. The van der Waals surface area contributed by atoms with Crippen LogP contribution in [0, 0.1) is 0 Å². The van der Waals surface area contributed by atoms with E-state index >= 15 is 0 Å². The van der Waals surface area contributed by atoms with E-state index in [1.54, 1.807) is 24.3 Å². The van der Waals surface area contributed by atoms with Gasteiger partial charge in [0, 0.05) is 20.8 Å². The van der Waals surface area contributed by atoms with Crippen molar-refractivity contribution in [2.75, 3.05) is 32.6 Å². The number of benzene rings is 1. The molecule has 0 unspecified atom stereocenters. The molecule has 0 radical (unpaired) electrons. The van der Waals surface area contributed by atoms with Crippen LogP contribution in [0.3, 0.4) is 0 Å². The molecule has 7 heteroatoms. The van der Waals surface area contributed by atoms with E-state index in [4.69, 9.17) is 9.47 Å². The Labute approximate surface area is 120 Å². The van der Waals surface area contributed by atoms with E-state index in [0.717, 1.165) is 6.42 Å². The second kappa shape index (κ2) is 8.21. The number of hydrogen-bond donors (Lipinski definition) is 2. The van der Waals surface area contributed by atoms with Crippen LogP contribution in [-0.2, 0) is 19.5 Å². The number of nitrogens with one attached hydrogen (secondary N) is 2. The Morgan fingerprint density at radius 2 is 1.85 bits per heavy atom. The Balaban J connectivity index is 2.88. The molecule has 0 saturated heterocycles. The number of hydrogen-bond acceptors (Lipinski definition) is 5. The van der Waals surface area contributed by atoms with Crippen LogP contribution in [0.15, 0.2) is 29.2 Å². The highest BCUT2D eigenvalue weighted by Crippen LogP contribution is 2.20. The normalized spacial score (nSPS) is 11.8. The topological polar surface area (TPSA) is 76.7 Å². The van der Waals surface area contributed by atoms with E-state index in [1.165, 1.54) is 14.2 Å². The molecule has 0 bridgehead atoms. The summed E-state index contributed by atoms with van der Waals surface area (Å²) < 4.78 is 37.0. The number of rotatable bonds is 9. The highest BCUT2D eigenvalue weighted by molar-refractivity contribution is 7.89. The molecule has 20 heavy (non-hydrogen) atoms. The van der Waals surface area contributed by atoms with Crippen LogP contribution in [0.4, 0.5) is 5.69 Å². The maximum Gasteiger partial charge on any atom is 0.242 e. The van der Waals surface area contributed by atoms with Crippen LogP contribution in [0.5, 0.6) is 0 Å². The van der Waals surface area contributed by atoms with Gasteiger partial charge in [-0.2, -0.15) is 0 Å². The number of para-hydroxylation sites is 1. The van der Waals surface area contributed by atoms with Gasteiger partial charge in [0.1, 0.15) is 4.90 Å². The van der Waals surface area contributed by atoms with Gasteiger partial charge in [-0.3, -0.25) is 0 Å². The van der Waals surface area contributed by atoms with Gasteiger partial charge >= 0.3 is 0 Å². The van der Waals surface area contributed by atoms with Gasteiger partial charge in [-0.05, 0) is 18.6 Å². The summed E-state index contributed by atoms with van der Waals surface area (Å²) in [5.74, 6) is 0. The molecule has 0 saturated carbocycles. The first-order valence-corrected chi connectivity index (χ1v) is 7.91. The Morgan fingerprint density at radius 1 is 1.20 bits per heavy atom. The third kappa shape index (κ3) is 4.75. The van der Waals surface area contributed by atoms with E-state index in [9.17, 15) is 8.42 Å². The molecular formula is C13H22N2O4S. The second-order valence-corrected chi connectivity index (χ2v) is 5.91. The van der Waals surface area contributed by atoms with Gasteiger partial charge in [0.2, 0.25) is 10.0 Å². The van der Waals surface area contributed by atoms with Crippen molar-refractivity contribution in [3.05, 3.63) is 24.3 Å². The smallest absolute Gasteiger partial charge is 0.242 e. The predicted molar refractivity (Wildman–Crippen MR) is 78.2 cm³/mol. The average molecular weight is 302 g/mol. The molecule has 0 amide bonds. The van der Waals surface area contributed by atoms with Gasteiger partial charge in [0.05, 0.1) is 12.2 Å². The number of anilines is 1. The SMILES string of the molecule is CCCNS(=O)(=O)c1ccccc1NCC(OC)OC. The first kappa shape index (κ1) is 16.9. The molecule has 0 fully saturated rings. The lowest BCUT2D eigenvalue weighted by Gasteiger charge is -2.17. The van der Waals surface area contributed by atoms with Crippen molar-refractivity contribution < 1.29 is 17.9 Å². The van der Waals surface area contributed by atoms with Crippen molar-refractivity contribution in [3.63, 3.8) is 0 Å². The van der Waals surface area contributed by atoms with Crippen molar-refractivity contribution in [2.45, 2.75) is 24.5 Å². The lowest BCUT2D eigenvalue weighted by molar-refractivity contribution is -0.0914. The summed E-state index contributed by atoms with van der Waals surface area (Å²) in [5.41, 5.74) is 0.523. The lowest BCUT2D eigenvalue weighted by Crippen LogP contribution is -2.27. The summed E-state index contributed by atoms with van der Waals surface area (Å²) in [6, 6.07) is 6.74. The van der Waals surface area contributed by atoms with Crippen LogP contribution in [-0.4, -0.2) is 42.0 Å². The minimum absolute atomic E-state index is 0.222. The van der Waals surface area contributed by atoms with Gasteiger partial charge in [-0.1, -0.05) is 19.1 Å². The highest BCUT2D eigenvalue weighted by Gasteiger charge is 2.17. The molecule has 0 heterocycles. The van der Waals surface area contributed by atoms with Crippen molar-refractivity contribution in [1.82, 2.24) is 4.72 Å². The monoisotopic (exact) mass is 302 g/mol. The zero-order valence-corrected chi connectivity index (χ0v) is 12.9. The zero-order chi connectivity index (χ0) is 15.0. The molecule has 2 N–H and O–H groups in total. The van der Waals surface area contributed by atoms with Crippen LogP contribution in [0.2, 0.25) is 0 Å². The number of ether oxygens (including phenoxy) is 2. The Bertz CT molecular complexity index is 501. The van der Waals surface area contributed by atoms with Crippen LogP contribution < -0.4 is 10.0 Å². The fraction of sp³-hybridized carbons (Fsp3) is 0.538. The Hall–Kier alpha value is -1.15. The quantitative estimate of drug-likeness (QED) is 0.674. The maximum atomic E-state index is 12.2. The third-order valence-corrected chi connectivity index (χ3v) is 4.22. The van der Waals surface area contributed by atoms with E-state index in [-0.39, 0.29) is 4.90 Å². The molecule has 114 valence electrons. The molecule has 0 aliphatic carbocycles. The summed E-state index contributed by atoms with van der Waals surface area (Å²) in [5, 5.41) is 3.03. The molecule has 1 aromatic carbocycles. The maximum absolute atomic E-state index is 12.2. The number of methoxy groups -OCH3 is 2. The molecule has 0 aliphatic rings. The molecule has 0 aliphatic heterocycles. The summed E-state index contributed by atoms with van der Waals surface area (Å²) in [6.45, 7) is 2.68. The van der Waals surface area contributed by atoms with E-state index in [0.29, 0.717) is 18.8 Å². The molecule has 0 spiro atoms. The summed E-state index contributed by atoms with van der Waals surface area (Å²) in [7, 11) is -0.450. The predicted octanol–water partition coefficient (Wildman–Crippen LogP) is 1.41. The molecule has 6 nitrogen and oxygen atoms in total. The molecular weight excluding hydrogens is 280 g/mol. The Kier molecular flexibility index (Phi) is 6.94. The largest absolute Gasteiger partial charge is 0.379 e. The van der Waals surface area contributed by atoms with Crippen LogP contribution in [0.25, 0.3) is 0 Å². The fourth-order valence-electron chi connectivity index (χ4n) is 1.62. The summed E-state index contributed by atoms with van der Waals surface area (Å²) >= 11 is 0. The van der Waals surface area contributed by atoms with Crippen molar-refractivity contribution in [3.8, 4) is 0 Å². The minimum atomic E-state index is -3.51. The zero-order valence-electron chi connectivity index (χ0n) is 12.0. The van der Waals surface area contributed by atoms with Crippen molar-refractivity contribution in [2.24, 2.45) is 0 Å². The van der Waals surface area contributed by atoms with Crippen molar-refractivity contribution in [1.29, 1.82) is 0 Å². The standard InChI is InChI=1S/C13H22N2O4S/c1-4-9-15-20(16,17)12-8-6-5-7-11(12)14-10-13(18-2)19-3/h5-8,13-15H,4,9-10H2,1-3H3. The van der Waals surface area contributed by atoms with Crippen LogP contribution in [0.1, 0.15) is 13.3 Å². The molecule has 0 atom stereocenters. The van der Waals surface area contributed by atoms with Gasteiger partial charge in [0.15, 0.2) is 6.29 Å². The molecule has 0 aromatic heterocycles. The van der Waals surface area contributed by atoms with E-state index in [2.05, 4.69) is 10.0 Å². The van der Waals surface area contributed by atoms with Gasteiger partial charge in [0.25, 0.3) is 0 Å². The first-order chi connectivity index (χ1) is 9.55. The molecule has 1 rings (SSSR count). The Morgan fingerprint density at radius 3 is 2.45 bits per heavy atom. The second-order valence-electron chi connectivity index (χ2n) is 4.18.